The fourth-order valence-corrected chi connectivity index (χ4v) is 5.37. The van der Waals surface area contributed by atoms with E-state index in [1.54, 1.807) is 19.5 Å². The number of rotatable bonds is 5. The highest BCUT2D eigenvalue weighted by atomic mass is 35.5. The Balaban J connectivity index is 1.23. The van der Waals surface area contributed by atoms with Gasteiger partial charge in [-0.05, 0) is 42.7 Å². The lowest BCUT2D eigenvalue weighted by Crippen LogP contribution is -2.39. The van der Waals surface area contributed by atoms with Crippen LogP contribution in [0.2, 0.25) is 10.0 Å². The van der Waals surface area contributed by atoms with E-state index >= 15 is 0 Å². The standard InChI is InChI=1S/C26H26Cl2N6O2/c1-35-17-6-4-16(5-7-17)23-14-33(9-10-36-23)24-13-25(30-15-29-24)34-8-2-3-22(34)26-31-20-11-18(27)19(28)12-21(20)32-26/h4-7,11-13,15,22-23H,2-3,8-10,14H2,1H3,(H,31,32)/t22-,23?/m0/s1. The minimum absolute atomic E-state index is 0.0307. The number of morpholine rings is 1. The van der Waals surface area contributed by atoms with Gasteiger partial charge in [0.2, 0.25) is 0 Å². The summed E-state index contributed by atoms with van der Waals surface area (Å²) in [6.45, 7) is 3.03. The number of benzene rings is 2. The molecular formula is C26H26Cl2N6O2. The van der Waals surface area contributed by atoms with Crippen LogP contribution in [-0.4, -0.2) is 53.3 Å². The van der Waals surface area contributed by atoms with Gasteiger partial charge in [-0.25, -0.2) is 15.0 Å². The Hall–Kier alpha value is -3.07. The van der Waals surface area contributed by atoms with Crippen LogP contribution in [0.3, 0.4) is 0 Å². The Labute approximate surface area is 219 Å². The van der Waals surface area contributed by atoms with E-state index in [1.165, 1.54) is 0 Å². The molecular weight excluding hydrogens is 499 g/mol. The number of hydrogen-bond acceptors (Lipinski definition) is 7. The van der Waals surface area contributed by atoms with Crippen LogP contribution >= 0.6 is 23.2 Å². The van der Waals surface area contributed by atoms with Gasteiger partial charge in [0.05, 0.1) is 40.8 Å². The normalized spacial score (nSPS) is 20.3. The maximum Gasteiger partial charge on any atom is 0.134 e. The predicted octanol–water partition coefficient (Wildman–Crippen LogP) is 5.59. The van der Waals surface area contributed by atoms with Gasteiger partial charge in [-0.1, -0.05) is 35.3 Å². The molecule has 1 N–H and O–H groups in total. The third-order valence-corrected chi connectivity index (χ3v) is 7.64. The number of fused-ring (bicyclic) bond motifs is 1. The maximum absolute atomic E-state index is 6.21. The lowest BCUT2D eigenvalue weighted by molar-refractivity contribution is 0.0395. The number of halogens is 2. The van der Waals surface area contributed by atoms with Gasteiger partial charge in [0.25, 0.3) is 0 Å². The van der Waals surface area contributed by atoms with Crippen molar-refractivity contribution in [1.29, 1.82) is 0 Å². The third-order valence-electron chi connectivity index (χ3n) is 6.92. The van der Waals surface area contributed by atoms with Crippen molar-refractivity contribution in [2.75, 3.05) is 43.2 Å². The van der Waals surface area contributed by atoms with E-state index in [4.69, 9.17) is 37.7 Å². The van der Waals surface area contributed by atoms with Crippen LogP contribution in [0.5, 0.6) is 5.75 Å². The number of ether oxygens (including phenoxy) is 2. The number of aromatic amines is 1. The van der Waals surface area contributed by atoms with E-state index in [0.29, 0.717) is 16.7 Å². The second-order valence-corrected chi connectivity index (χ2v) is 9.88. The number of nitrogens with one attached hydrogen (secondary N) is 1. The number of methoxy groups -OCH3 is 1. The van der Waals surface area contributed by atoms with Crippen molar-refractivity contribution in [1.82, 2.24) is 19.9 Å². The molecule has 2 aliphatic heterocycles. The minimum atomic E-state index is -0.0307. The molecule has 4 heterocycles. The van der Waals surface area contributed by atoms with E-state index in [0.717, 1.165) is 72.3 Å². The number of hydrogen-bond donors (Lipinski definition) is 1. The van der Waals surface area contributed by atoms with Crippen LogP contribution in [0.4, 0.5) is 11.6 Å². The average molecular weight is 525 g/mol. The zero-order valence-corrected chi connectivity index (χ0v) is 21.3. The van der Waals surface area contributed by atoms with Gasteiger partial charge in [0, 0.05) is 25.7 Å². The quantitative estimate of drug-likeness (QED) is 0.364. The highest BCUT2D eigenvalue weighted by Crippen LogP contribution is 2.37. The summed E-state index contributed by atoms with van der Waals surface area (Å²) in [5, 5.41) is 1.02. The zero-order valence-electron chi connectivity index (χ0n) is 19.8. The summed E-state index contributed by atoms with van der Waals surface area (Å²) in [7, 11) is 1.67. The number of anilines is 2. The Morgan fingerprint density at radius 2 is 1.83 bits per heavy atom. The molecule has 10 heteroatoms. The molecule has 8 nitrogen and oxygen atoms in total. The van der Waals surface area contributed by atoms with Crippen LogP contribution in [-0.2, 0) is 4.74 Å². The summed E-state index contributed by atoms with van der Waals surface area (Å²) in [5.41, 5.74) is 2.82. The molecule has 0 aliphatic carbocycles. The lowest BCUT2D eigenvalue weighted by Gasteiger charge is -2.34. The van der Waals surface area contributed by atoms with E-state index in [9.17, 15) is 0 Å². The summed E-state index contributed by atoms with van der Waals surface area (Å²) in [6.07, 6.45) is 3.66. The molecule has 0 spiro atoms. The third kappa shape index (κ3) is 4.45. The molecule has 36 heavy (non-hydrogen) atoms. The fraction of sp³-hybridized carbons (Fsp3) is 0.346. The molecule has 6 rings (SSSR count). The van der Waals surface area contributed by atoms with Gasteiger partial charge in [-0.15, -0.1) is 0 Å². The number of aromatic nitrogens is 4. The van der Waals surface area contributed by atoms with Crippen molar-refractivity contribution in [3.8, 4) is 5.75 Å². The Kier molecular flexibility index (Phi) is 6.33. The fourth-order valence-electron chi connectivity index (χ4n) is 5.05. The first kappa shape index (κ1) is 23.3. The van der Waals surface area contributed by atoms with Gasteiger partial charge in [-0.3, -0.25) is 0 Å². The topological polar surface area (TPSA) is 79.4 Å². The van der Waals surface area contributed by atoms with Crippen molar-refractivity contribution >= 4 is 45.9 Å². The Morgan fingerprint density at radius 3 is 2.67 bits per heavy atom. The first-order valence-electron chi connectivity index (χ1n) is 12.0. The molecule has 0 bridgehead atoms. The van der Waals surface area contributed by atoms with Crippen molar-refractivity contribution < 1.29 is 9.47 Å². The molecule has 0 saturated carbocycles. The summed E-state index contributed by atoms with van der Waals surface area (Å²) in [5.74, 6) is 3.52. The molecule has 2 aromatic carbocycles. The molecule has 1 unspecified atom stereocenters. The Morgan fingerprint density at radius 1 is 1.03 bits per heavy atom. The second kappa shape index (κ2) is 9.76. The Bertz CT molecular complexity index is 1340. The van der Waals surface area contributed by atoms with Crippen LogP contribution in [0, 0.1) is 0 Å². The number of H-pyrrole nitrogens is 1. The first-order valence-corrected chi connectivity index (χ1v) is 12.8. The highest BCUT2D eigenvalue weighted by Gasteiger charge is 2.31. The SMILES string of the molecule is COc1ccc(C2CN(c3cc(N4CCC[C@H]4c4nc5cc(Cl)c(Cl)cc5[nH]4)ncn3)CCO2)cc1. The number of imidazole rings is 1. The van der Waals surface area contributed by atoms with Gasteiger partial charge < -0.3 is 24.3 Å². The van der Waals surface area contributed by atoms with Crippen LogP contribution < -0.4 is 14.5 Å². The predicted molar refractivity (Wildman–Crippen MR) is 141 cm³/mol. The van der Waals surface area contributed by atoms with Crippen molar-refractivity contribution in [3.63, 3.8) is 0 Å². The summed E-state index contributed by atoms with van der Waals surface area (Å²) >= 11 is 12.4. The molecule has 2 atom stereocenters. The molecule has 0 amide bonds. The smallest absolute Gasteiger partial charge is 0.134 e. The van der Waals surface area contributed by atoms with Gasteiger partial charge in [-0.2, -0.15) is 0 Å². The van der Waals surface area contributed by atoms with E-state index in [-0.39, 0.29) is 12.1 Å². The average Bonchev–Trinajstić information content (AvgIpc) is 3.56. The van der Waals surface area contributed by atoms with Crippen molar-refractivity contribution in [2.45, 2.75) is 25.0 Å². The maximum atomic E-state index is 6.21. The summed E-state index contributed by atoms with van der Waals surface area (Å²) < 4.78 is 11.4. The number of nitrogens with zero attached hydrogens (tertiary/aromatic N) is 5. The highest BCUT2D eigenvalue weighted by molar-refractivity contribution is 6.42. The van der Waals surface area contributed by atoms with Crippen LogP contribution in [0.25, 0.3) is 11.0 Å². The molecule has 2 fully saturated rings. The van der Waals surface area contributed by atoms with Crippen molar-refractivity contribution in [3.05, 3.63) is 70.2 Å². The van der Waals surface area contributed by atoms with Crippen molar-refractivity contribution in [2.24, 2.45) is 0 Å². The monoisotopic (exact) mass is 524 g/mol. The molecule has 2 saturated heterocycles. The van der Waals surface area contributed by atoms with Gasteiger partial charge >= 0.3 is 0 Å². The van der Waals surface area contributed by atoms with Crippen LogP contribution in [0.15, 0.2) is 48.8 Å². The molecule has 2 aliphatic rings. The second-order valence-electron chi connectivity index (χ2n) is 9.07. The molecule has 186 valence electrons. The largest absolute Gasteiger partial charge is 0.497 e. The van der Waals surface area contributed by atoms with E-state index < -0.39 is 0 Å². The van der Waals surface area contributed by atoms with Crippen LogP contribution in [0.1, 0.15) is 36.4 Å². The molecule has 0 radical (unpaired) electrons. The van der Waals surface area contributed by atoms with Gasteiger partial charge in [0.15, 0.2) is 0 Å². The summed E-state index contributed by atoms with van der Waals surface area (Å²) in [6, 6.07) is 13.8. The summed E-state index contributed by atoms with van der Waals surface area (Å²) in [4.78, 5) is 22.1. The minimum Gasteiger partial charge on any atom is -0.497 e. The molecule has 2 aromatic heterocycles. The lowest BCUT2D eigenvalue weighted by atomic mass is 10.1. The molecule has 4 aromatic rings. The first-order chi connectivity index (χ1) is 17.6. The zero-order chi connectivity index (χ0) is 24.6. The van der Waals surface area contributed by atoms with E-state index in [2.05, 4.69) is 43.0 Å². The van der Waals surface area contributed by atoms with Gasteiger partial charge in [0.1, 0.15) is 35.6 Å². The van der Waals surface area contributed by atoms with E-state index in [1.807, 2.05) is 18.2 Å².